The molecule has 1 spiro atoms. The molecule has 2 aromatic carbocycles. The minimum Gasteiger partial charge on any atom is -0.358 e. The van der Waals surface area contributed by atoms with Gasteiger partial charge in [0.15, 0.2) is 11.4 Å². The number of ketones is 1. The van der Waals surface area contributed by atoms with Crippen LogP contribution in [0.5, 0.6) is 0 Å². The van der Waals surface area contributed by atoms with Gasteiger partial charge in [0, 0.05) is 30.3 Å². The summed E-state index contributed by atoms with van der Waals surface area (Å²) in [4.78, 5) is 34.3. The lowest BCUT2D eigenvalue weighted by atomic mass is 9.74. The zero-order chi connectivity index (χ0) is 20.6. The van der Waals surface area contributed by atoms with Gasteiger partial charge in [-0.1, -0.05) is 54.6 Å². The smallest absolute Gasteiger partial charge is 0.230 e. The number of anilines is 1. The number of carbonyl (C=O) groups is 2. The quantitative estimate of drug-likeness (QED) is 0.723. The Balaban J connectivity index is 1.26. The first-order valence-corrected chi connectivity index (χ1v) is 10.1. The van der Waals surface area contributed by atoms with Gasteiger partial charge in [0.1, 0.15) is 0 Å². The molecule has 150 valence electrons. The molecule has 30 heavy (non-hydrogen) atoms. The van der Waals surface area contributed by atoms with Crippen LogP contribution < -0.4 is 5.32 Å². The standard InChI is InChI=1S/C24H21N3O3/c28-21-12-17(10-11-24(21)20-9-5-4-8-18(20)15-30-24)22(29)27-23-25-13-19(14-26-23)16-6-2-1-3-7-16/h1-9,13-14,17H,10-12,15H2,(H,25,26,27,29). The van der Waals surface area contributed by atoms with E-state index in [4.69, 9.17) is 4.74 Å². The first-order chi connectivity index (χ1) is 14.7. The second-order valence-corrected chi connectivity index (χ2v) is 7.79. The molecule has 5 rings (SSSR count). The maximum atomic E-state index is 13.0. The summed E-state index contributed by atoms with van der Waals surface area (Å²) < 4.78 is 5.96. The highest BCUT2D eigenvalue weighted by Gasteiger charge is 2.50. The number of hydrogen-bond acceptors (Lipinski definition) is 5. The molecule has 1 N–H and O–H groups in total. The van der Waals surface area contributed by atoms with Gasteiger partial charge in [-0.05, 0) is 29.5 Å². The average molecular weight is 399 g/mol. The Kier molecular flexibility index (Phi) is 4.64. The maximum Gasteiger partial charge on any atom is 0.230 e. The zero-order valence-corrected chi connectivity index (χ0v) is 16.4. The molecule has 0 radical (unpaired) electrons. The molecular weight excluding hydrogens is 378 g/mol. The van der Waals surface area contributed by atoms with Crippen molar-refractivity contribution in [1.29, 1.82) is 0 Å². The van der Waals surface area contributed by atoms with E-state index in [0.717, 1.165) is 22.3 Å². The molecule has 1 amide bonds. The molecule has 0 saturated heterocycles. The fraction of sp³-hybridized carbons (Fsp3) is 0.250. The molecule has 2 aliphatic rings. The monoisotopic (exact) mass is 399 g/mol. The van der Waals surface area contributed by atoms with Gasteiger partial charge < -0.3 is 4.74 Å². The Morgan fingerprint density at radius 1 is 1.00 bits per heavy atom. The molecule has 1 aliphatic carbocycles. The van der Waals surface area contributed by atoms with Gasteiger partial charge in [0.05, 0.1) is 6.61 Å². The van der Waals surface area contributed by atoms with Gasteiger partial charge in [-0.15, -0.1) is 0 Å². The highest BCUT2D eigenvalue weighted by molar-refractivity contribution is 5.98. The van der Waals surface area contributed by atoms with E-state index in [-0.39, 0.29) is 24.1 Å². The number of rotatable bonds is 3. The molecule has 1 aromatic heterocycles. The van der Waals surface area contributed by atoms with Crippen LogP contribution in [0.15, 0.2) is 67.0 Å². The summed E-state index contributed by atoms with van der Waals surface area (Å²) in [6.45, 7) is 0.445. The van der Waals surface area contributed by atoms with Crippen molar-refractivity contribution >= 4 is 17.6 Å². The Labute approximate surface area is 174 Å². The molecule has 3 aromatic rings. The van der Waals surface area contributed by atoms with Crippen molar-refractivity contribution in [2.24, 2.45) is 5.92 Å². The van der Waals surface area contributed by atoms with Crippen molar-refractivity contribution in [3.8, 4) is 11.1 Å². The van der Waals surface area contributed by atoms with E-state index in [1.165, 1.54) is 0 Å². The predicted octanol–water partition coefficient (Wildman–Crippen LogP) is 3.88. The summed E-state index contributed by atoms with van der Waals surface area (Å²) in [5.74, 6) is -0.414. The number of hydrogen-bond donors (Lipinski definition) is 1. The molecule has 2 unspecified atom stereocenters. The third-order valence-electron chi connectivity index (χ3n) is 6.02. The van der Waals surface area contributed by atoms with E-state index in [1.54, 1.807) is 12.4 Å². The minimum absolute atomic E-state index is 0.0285. The Bertz CT molecular complexity index is 1100. The van der Waals surface area contributed by atoms with E-state index >= 15 is 0 Å². The first-order valence-electron chi connectivity index (χ1n) is 10.1. The zero-order valence-electron chi connectivity index (χ0n) is 16.4. The summed E-state index contributed by atoms with van der Waals surface area (Å²) in [6.07, 6.45) is 4.61. The average Bonchev–Trinajstić information content (AvgIpc) is 3.16. The van der Waals surface area contributed by atoms with Crippen LogP contribution in [0.1, 0.15) is 30.4 Å². The van der Waals surface area contributed by atoms with Crippen LogP contribution >= 0.6 is 0 Å². The number of Topliss-reactive ketones (excluding diaryl/α,β-unsaturated/α-hetero) is 1. The summed E-state index contributed by atoms with van der Waals surface area (Å²) in [7, 11) is 0. The molecule has 0 bridgehead atoms. The largest absolute Gasteiger partial charge is 0.358 e. The van der Waals surface area contributed by atoms with Gasteiger partial charge in [-0.2, -0.15) is 0 Å². The van der Waals surface area contributed by atoms with Crippen molar-refractivity contribution in [3.05, 3.63) is 78.1 Å². The highest BCUT2D eigenvalue weighted by atomic mass is 16.5. The van der Waals surface area contributed by atoms with Crippen molar-refractivity contribution in [2.75, 3.05) is 5.32 Å². The number of nitrogens with one attached hydrogen (secondary N) is 1. The van der Waals surface area contributed by atoms with E-state index in [1.807, 2.05) is 54.6 Å². The Morgan fingerprint density at radius 3 is 2.50 bits per heavy atom. The third kappa shape index (κ3) is 3.19. The molecule has 2 atom stereocenters. The second kappa shape index (κ2) is 7.46. The lowest BCUT2D eigenvalue weighted by Crippen LogP contribution is -2.43. The molecule has 1 aliphatic heterocycles. The Morgan fingerprint density at radius 2 is 1.73 bits per heavy atom. The number of nitrogens with zero attached hydrogens (tertiary/aromatic N) is 2. The number of ether oxygens (including phenoxy) is 1. The second-order valence-electron chi connectivity index (χ2n) is 7.79. The molecule has 2 heterocycles. The summed E-state index contributed by atoms with van der Waals surface area (Å²) in [5, 5.41) is 2.75. The molecule has 1 fully saturated rings. The van der Waals surface area contributed by atoms with Crippen LogP contribution in [0.25, 0.3) is 11.1 Å². The van der Waals surface area contributed by atoms with E-state index in [2.05, 4.69) is 15.3 Å². The normalized spacial score (nSPS) is 22.7. The lowest BCUT2D eigenvalue weighted by Gasteiger charge is -2.35. The van der Waals surface area contributed by atoms with Crippen LogP contribution in [0, 0.1) is 5.92 Å². The van der Waals surface area contributed by atoms with Gasteiger partial charge in [-0.3, -0.25) is 14.9 Å². The van der Waals surface area contributed by atoms with Crippen LogP contribution in [0.2, 0.25) is 0 Å². The van der Waals surface area contributed by atoms with Crippen LogP contribution in [-0.2, 0) is 26.5 Å². The lowest BCUT2D eigenvalue weighted by molar-refractivity contribution is -0.153. The van der Waals surface area contributed by atoms with Crippen molar-refractivity contribution in [2.45, 2.75) is 31.5 Å². The Hall–Kier alpha value is -3.38. The summed E-state index contributed by atoms with van der Waals surface area (Å²) in [6, 6.07) is 17.6. The molecule has 6 nitrogen and oxygen atoms in total. The van der Waals surface area contributed by atoms with Crippen LogP contribution in [-0.4, -0.2) is 21.7 Å². The van der Waals surface area contributed by atoms with Crippen molar-refractivity contribution in [3.63, 3.8) is 0 Å². The van der Waals surface area contributed by atoms with Gasteiger partial charge >= 0.3 is 0 Å². The number of fused-ring (bicyclic) bond motifs is 2. The van der Waals surface area contributed by atoms with E-state index in [9.17, 15) is 9.59 Å². The van der Waals surface area contributed by atoms with Gasteiger partial charge in [-0.25, -0.2) is 9.97 Å². The van der Waals surface area contributed by atoms with Crippen molar-refractivity contribution in [1.82, 2.24) is 9.97 Å². The third-order valence-corrected chi connectivity index (χ3v) is 6.02. The number of amides is 1. The number of benzene rings is 2. The maximum absolute atomic E-state index is 13.0. The van der Waals surface area contributed by atoms with Crippen LogP contribution in [0.3, 0.4) is 0 Å². The van der Waals surface area contributed by atoms with Gasteiger partial charge in [0.25, 0.3) is 0 Å². The van der Waals surface area contributed by atoms with Crippen molar-refractivity contribution < 1.29 is 14.3 Å². The predicted molar refractivity (Wildman–Crippen MR) is 111 cm³/mol. The topological polar surface area (TPSA) is 81.2 Å². The fourth-order valence-corrected chi connectivity index (χ4v) is 4.37. The number of aromatic nitrogens is 2. The minimum atomic E-state index is -0.888. The highest BCUT2D eigenvalue weighted by Crippen LogP contribution is 2.46. The molecule has 1 saturated carbocycles. The fourth-order valence-electron chi connectivity index (χ4n) is 4.37. The SMILES string of the molecule is O=C(Nc1ncc(-c2ccccc2)cn1)C1CCC2(OCc3ccccc32)C(=O)C1. The molecular formula is C24H21N3O3. The molecule has 6 heteroatoms. The summed E-state index contributed by atoms with van der Waals surface area (Å²) in [5.41, 5.74) is 3.01. The van der Waals surface area contributed by atoms with Gasteiger partial charge in [0.2, 0.25) is 11.9 Å². The van der Waals surface area contributed by atoms with E-state index in [0.29, 0.717) is 19.4 Å². The van der Waals surface area contributed by atoms with Crippen LogP contribution in [0.4, 0.5) is 5.95 Å². The first kappa shape index (κ1) is 18.6. The number of carbonyl (C=O) groups excluding carboxylic acids is 2. The van der Waals surface area contributed by atoms with E-state index < -0.39 is 11.5 Å². The summed E-state index contributed by atoms with van der Waals surface area (Å²) >= 11 is 0.